The van der Waals surface area contributed by atoms with Gasteiger partial charge < -0.3 is 15.3 Å². The minimum absolute atomic E-state index is 0.0159. The number of carbonyl (C=O) groups excluding carboxylic acids is 2. The lowest BCUT2D eigenvalue weighted by Crippen LogP contribution is -2.45. The Balaban J connectivity index is 2.47. The zero-order valence-electron chi connectivity index (χ0n) is 13.1. The van der Waals surface area contributed by atoms with E-state index in [-0.39, 0.29) is 42.8 Å². The number of amides is 2. The maximum atomic E-state index is 12.1. The van der Waals surface area contributed by atoms with Crippen LogP contribution in [0, 0.1) is 5.92 Å². The molecule has 1 atom stereocenters. The highest BCUT2D eigenvalue weighted by atomic mass is 16.4. The molecule has 2 amide bonds. The summed E-state index contributed by atoms with van der Waals surface area (Å²) in [7, 11) is 0. The second-order valence-electron chi connectivity index (χ2n) is 6.10. The molecule has 1 aliphatic rings. The zero-order valence-corrected chi connectivity index (χ0v) is 13.1. The first-order valence-electron chi connectivity index (χ1n) is 7.63. The minimum atomic E-state index is -1.03. The van der Waals surface area contributed by atoms with Crippen LogP contribution in [0.15, 0.2) is 0 Å². The van der Waals surface area contributed by atoms with Gasteiger partial charge in [-0.15, -0.1) is 0 Å². The molecule has 0 aromatic carbocycles. The van der Waals surface area contributed by atoms with Crippen LogP contribution in [0.4, 0.5) is 0 Å². The summed E-state index contributed by atoms with van der Waals surface area (Å²) in [5.74, 6) is -1.18. The molecule has 1 saturated carbocycles. The summed E-state index contributed by atoms with van der Waals surface area (Å²) in [5.41, 5.74) is 0. The summed E-state index contributed by atoms with van der Waals surface area (Å²) < 4.78 is 0. The third kappa shape index (κ3) is 5.73. The van der Waals surface area contributed by atoms with Crippen molar-refractivity contribution in [3.63, 3.8) is 0 Å². The standard InChI is InChI=1S/C15H26N2O4/c1-10(2)17(9-14(19)20)13(18)8-11(3)16-15(21)12-6-4-5-7-12/h10-12H,4-9H2,1-3H3,(H,16,21)(H,19,20). The van der Waals surface area contributed by atoms with Gasteiger partial charge in [0.2, 0.25) is 11.8 Å². The fourth-order valence-electron chi connectivity index (χ4n) is 2.68. The van der Waals surface area contributed by atoms with E-state index in [2.05, 4.69) is 5.32 Å². The van der Waals surface area contributed by atoms with Gasteiger partial charge >= 0.3 is 5.97 Å². The maximum absolute atomic E-state index is 12.1. The molecule has 6 heteroatoms. The van der Waals surface area contributed by atoms with Crippen molar-refractivity contribution < 1.29 is 19.5 Å². The average Bonchev–Trinajstić information content (AvgIpc) is 2.88. The van der Waals surface area contributed by atoms with Gasteiger partial charge in [-0.25, -0.2) is 0 Å². The Hall–Kier alpha value is -1.59. The van der Waals surface area contributed by atoms with Gasteiger partial charge in [0.1, 0.15) is 6.54 Å². The number of hydrogen-bond donors (Lipinski definition) is 2. The Kier molecular flexibility index (Phi) is 6.65. The third-order valence-corrected chi connectivity index (χ3v) is 3.84. The topological polar surface area (TPSA) is 86.7 Å². The predicted molar refractivity (Wildman–Crippen MR) is 78.7 cm³/mol. The second kappa shape index (κ2) is 8.00. The Morgan fingerprint density at radius 3 is 2.24 bits per heavy atom. The van der Waals surface area contributed by atoms with Crippen LogP contribution in [0.25, 0.3) is 0 Å². The van der Waals surface area contributed by atoms with Gasteiger partial charge in [0.05, 0.1) is 0 Å². The van der Waals surface area contributed by atoms with Gasteiger partial charge in [0.25, 0.3) is 0 Å². The molecule has 0 spiro atoms. The molecule has 21 heavy (non-hydrogen) atoms. The quantitative estimate of drug-likeness (QED) is 0.743. The fourth-order valence-corrected chi connectivity index (χ4v) is 2.68. The molecule has 0 aromatic heterocycles. The van der Waals surface area contributed by atoms with Crippen LogP contribution in [-0.4, -0.2) is 46.4 Å². The Labute approximate surface area is 125 Å². The van der Waals surface area contributed by atoms with Gasteiger partial charge in [-0.05, 0) is 33.6 Å². The molecule has 0 aliphatic heterocycles. The number of carboxylic acid groups (broad SMARTS) is 1. The van der Waals surface area contributed by atoms with Crippen LogP contribution >= 0.6 is 0 Å². The highest BCUT2D eigenvalue weighted by molar-refractivity contribution is 5.83. The number of carbonyl (C=O) groups is 3. The van der Waals surface area contributed by atoms with E-state index >= 15 is 0 Å². The van der Waals surface area contributed by atoms with Gasteiger partial charge in [-0.3, -0.25) is 14.4 Å². The number of rotatable bonds is 7. The monoisotopic (exact) mass is 298 g/mol. The molecule has 2 N–H and O–H groups in total. The average molecular weight is 298 g/mol. The van der Waals surface area contributed by atoms with Gasteiger partial charge in [-0.1, -0.05) is 12.8 Å². The van der Waals surface area contributed by atoms with Crippen LogP contribution in [0.1, 0.15) is 52.9 Å². The highest BCUT2D eigenvalue weighted by Gasteiger charge is 2.26. The van der Waals surface area contributed by atoms with Crippen LogP contribution in [0.2, 0.25) is 0 Å². The predicted octanol–water partition coefficient (Wildman–Crippen LogP) is 1.39. The normalized spacial score (nSPS) is 16.8. The Morgan fingerprint density at radius 1 is 1.19 bits per heavy atom. The first-order chi connectivity index (χ1) is 9.81. The van der Waals surface area contributed by atoms with Crippen molar-refractivity contribution >= 4 is 17.8 Å². The molecule has 0 bridgehead atoms. The van der Waals surface area contributed by atoms with Crippen LogP contribution in [0.3, 0.4) is 0 Å². The first kappa shape index (κ1) is 17.5. The summed E-state index contributed by atoms with van der Waals surface area (Å²) >= 11 is 0. The van der Waals surface area contributed by atoms with Crippen molar-refractivity contribution in [2.75, 3.05) is 6.54 Å². The molecule has 6 nitrogen and oxygen atoms in total. The summed E-state index contributed by atoms with van der Waals surface area (Å²) in [6, 6.07) is -0.452. The summed E-state index contributed by atoms with van der Waals surface area (Å²) in [6.07, 6.45) is 4.15. The van der Waals surface area contributed by atoms with Crippen molar-refractivity contribution in [3.8, 4) is 0 Å². The zero-order chi connectivity index (χ0) is 16.0. The van der Waals surface area contributed by atoms with E-state index in [4.69, 9.17) is 5.11 Å². The summed E-state index contributed by atoms with van der Waals surface area (Å²) in [4.78, 5) is 36.2. The van der Waals surface area contributed by atoms with E-state index < -0.39 is 5.97 Å². The molecule has 120 valence electrons. The van der Waals surface area contributed by atoms with Crippen molar-refractivity contribution in [2.24, 2.45) is 5.92 Å². The van der Waals surface area contributed by atoms with E-state index in [9.17, 15) is 14.4 Å². The largest absolute Gasteiger partial charge is 0.480 e. The number of hydrogen-bond acceptors (Lipinski definition) is 3. The molecule has 1 unspecified atom stereocenters. The van der Waals surface area contributed by atoms with E-state index in [1.165, 1.54) is 4.90 Å². The number of nitrogens with one attached hydrogen (secondary N) is 1. The molecule has 0 heterocycles. The van der Waals surface area contributed by atoms with E-state index in [1.807, 2.05) is 0 Å². The van der Waals surface area contributed by atoms with Gasteiger partial charge in [0, 0.05) is 24.4 Å². The lowest BCUT2D eigenvalue weighted by Gasteiger charge is -2.26. The SMILES string of the molecule is CC(CC(=O)N(CC(=O)O)C(C)C)NC(=O)C1CCCC1. The second-order valence-corrected chi connectivity index (χ2v) is 6.10. The molecule has 1 fully saturated rings. The molecule has 0 saturated heterocycles. The van der Waals surface area contributed by atoms with Crippen LogP contribution in [0.5, 0.6) is 0 Å². The number of nitrogens with zero attached hydrogens (tertiary/aromatic N) is 1. The molecule has 0 radical (unpaired) electrons. The summed E-state index contributed by atoms with van der Waals surface area (Å²) in [5, 5.41) is 11.7. The van der Waals surface area contributed by atoms with E-state index in [0.717, 1.165) is 25.7 Å². The Morgan fingerprint density at radius 2 is 1.76 bits per heavy atom. The smallest absolute Gasteiger partial charge is 0.323 e. The van der Waals surface area contributed by atoms with Gasteiger partial charge in [-0.2, -0.15) is 0 Å². The Bertz CT molecular complexity index is 389. The van der Waals surface area contributed by atoms with E-state index in [0.29, 0.717) is 0 Å². The molecular weight excluding hydrogens is 272 g/mol. The number of aliphatic carboxylic acids is 1. The molecular formula is C15H26N2O4. The maximum Gasteiger partial charge on any atom is 0.323 e. The lowest BCUT2D eigenvalue weighted by molar-refractivity contribution is -0.146. The van der Waals surface area contributed by atoms with E-state index in [1.54, 1.807) is 20.8 Å². The fraction of sp³-hybridized carbons (Fsp3) is 0.800. The highest BCUT2D eigenvalue weighted by Crippen LogP contribution is 2.24. The molecule has 1 aliphatic carbocycles. The van der Waals surface area contributed by atoms with Crippen molar-refractivity contribution in [1.82, 2.24) is 10.2 Å². The molecule has 1 rings (SSSR count). The van der Waals surface area contributed by atoms with Crippen LogP contribution < -0.4 is 5.32 Å². The summed E-state index contributed by atoms with van der Waals surface area (Å²) in [6.45, 7) is 5.04. The number of carboxylic acids is 1. The lowest BCUT2D eigenvalue weighted by atomic mass is 10.1. The van der Waals surface area contributed by atoms with Crippen molar-refractivity contribution in [1.29, 1.82) is 0 Å². The molecule has 0 aromatic rings. The minimum Gasteiger partial charge on any atom is -0.480 e. The van der Waals surface area contributed by atoms with Crippen LogP contribution in [-0.2, 0) is 14.4 Å². The van der Waals surface area contributed by atoms with Crippen molar-refractivity contribution in [3.05, 3.63) is 0 Å². The van der Waals surface area contributed by atoms with Crippen molar-refractivity contribution in [2.45, 2.75) is 65.0 Å². The first-order valence-corrected chi connectivity index (χ1v) is 7.63. The van der Waals surface area contributed by atoms with Gasteiger partial charge in [0.15, 0.2) is 0 Å². The third-order valence-electron chi connectivity index (χ3n) is 3.84.